The summed E-state index contributed by atoms with van der Waals surface area (Å²) in [6.45, 7) is 3.69. The summed E-state index contributed by atoms with van der Waals surface area (Å²) in [7, 11) is 0. The van der Waals surface area contributed by atoms with E-state index in [1.165, 1.54) is 0 Å². The molecule has 2 atom stereocenters. The first-order valence-corrected chi connectivity index (χ1v) is 9.97. The highest BCUT2D eigenvalue weighted by Gasteiger charge is 2.24. The number of carbonyl (C=O) groups excluding carboxylic acids is 3. The topological polar surface area (TPSA) is 132 Å². The Morgan fingerprint density at radius 3 is 2.23 bits per heavy atom. The number of ether oxygens (including phenoxy) is 2. The van der Waals surface area contributed by atoms with Gasteiger partial charge in [-0.1, -0.05) is 61.5 Å². The van der Waals surface area contributed by atoms with Gasteiger partial charge in [-0.2, -0.15) is 0 Å². The number of rotatable bonds is 8. The van der Waals surface area contributed by atoms with Gasteiger partial charge in [0.1, 0.15) is 0 Å². The number of nitrogens with two attached hydrogens (primary N) is 1. The van der Waals surface area contributed by atoms with Crippen molar-refractivity contribution in [1.82, 2.24) is 5.32 Å². The van der Waals surface area contributed by atoms with Gasteiger partial charge in [0.15, 0.2) is 0 Å². The van der Waals surface area contributed by atoms with Gasteiger partial charge in [-0.15, -0.1) is 0 Å². The molecule has 0 aliphatic heterocycles. The van der Waals surface area contributed by atoms with Crippen LogP contribution >= 0.6 is 0 Å². The first-order valence-electron chi connectivity index (χ1n) is 9.97. The minimum atomic E-state index is -1.24. The summed E-state index contributed by atoms with van der Waals surface area (Å²) in [4.78, 5) is 35.0. The highest BCUT2D eigenvalue weighted by Crippen LogP contribution is 2.21. The molecule has 0 heterocycles. The molecule has 4 N–H and O–H groups in total. The first-order chi connectivity index (χ1) is 14.8. The van der Waals surface area contributed by atoms with Gasteiger partial charge < -0.3 is 20.5 Å². The van der Waals surface area contributed by atoms with E-state index in [9.17, 15) is 14.4 Å². The average Bonchev–Trinajstić information content (AvgIpc) is 2.74. The van der Waals surface area contributed by atoms with Crippen molar-refractivity contribution in [2.75, 3.05) is 6.61 Å². The van der Waals surface area contributed by atoms with Crippen LogP contribution in [0.15, 0.2) is 54.6 Å². The van der Waals surface area contributed by atoms with E-state index in [-0.39, 0.29) is 19.0 Å². The molecule has 2 amide bonds. The number of carbonyl (C=O) groups is 3. The number of benzene rings is 2. The molecule has 2 rings (SSSR count). The summed E-state index contributed by atoms with van der Waals surface area (Å²) in [6.07, 6.45) is -0.545. The molecule has 2 aromatic rings. The van der Waals surface area contributed by atoms with Crippen molar-refractivity contribution in [2.24, 2.45) is 11.7 Å². The van der Waals surface area contributed by atoms with E-state index in [0.717, 1.165) is 16.7 Å². The van der Waals surface area contributed by atoms with Gasteiger partial charge >= 0.3 is 18.0 Å². The second kappa shape index (κ2) is 11.5. The predicted octanol–water partition coefficient (Wildman–Crippen LogP) is 3.04. The molecule has 8 heteroatoms. The Morgan fingerprint density at radius 2 is 1.65 bits per heavy atom. The number of primary amides is 1. The van der Waals surface area contributed by atoms with Crippen LogP contribution in [0.1, 0.15) is 25.8 Å². The van der Waals surface area contributed by atoms with Crippen LogP contribution in [-0.2, 0) is 25.5 Å². The van der Waals surface area contributed by atoms with Gasteiger partial charge in [0.2, 0.25) is 0 Å². The van der Waals surface area contributed by atoms with E-state index in [1.807, 2.05) is 54.6 Å². The van der Waals surface area contributed by atoms with Gasteiger partial charge in [0.05, 0.1) is 12.5 Å². The van der Waals surface area contributed by atoms with Crippen molar-refractivity contribution in [3.63, 3.8) is 0 Å². The molecule has 164 valence electrons. The largest absolute Gasteiger partial charge is 0.466 e. The third-order valence-electron chi connectivity index (χ3n) is 4.61. The molecule has 0 bridgehead atoms. The number of hydrogen-bond donors (Lipinski definition) is 3. The minimum Gasteiger partial charge on any atom is -0.466 e. The summed E-state index contributed by atoms with van der Waals surface area (Å²) in [5, 5.41) is 10.2. The van der Waals surface area contributed by atoms with Crippen LogP contribution in [0.5, 0.6) is 0 Å². The first kappa shape index (κ1) is 23.6. The van der Waals surface area contributed by atoms with Gasteiger partial charge in [0, 0.05) is 6.04 Å². The Labute approximate surface area is 181 Å². The van der Waals surface area contributed by atoms with Crippen LogP contribution in [0.2, 0.25) is 0 Å². The molecular weight excluding hydrogens is 398 g/mol. The fraction of sp³-hybridized carbons (Fsp3) is 0.304. The lowest BCUT2D eigenvalue weighted by Gasteiger charge is -2.22. The Balaban J connectivity index is 2.13. The third kappa shape index (κ3) is 7.58. The lowest BCUT2D eigenvalue weighted by molar-refractivity contribution is -0.148. The molecule has 31 heavy (non-hydrogen) atoms. The minimum absolute atomic E-state index is 0.262. The predicted molar refractivity (Wildman–Crippen MR) is 116 cm³/mol. The molecule has 0 aromatic heterocycles. The molecule has 0 aliphatic rings. The van der Waals surface area contributed by atoms with Crippen LogP contribution in [0.25, 0.3) is 11.1 Å². The summed E-state index contributed by atoms with van der Waals surface area (Å²) in [5.74, 6) is -2.63. The maximum Gasteiger partial charge on any atom is 0.411 e. The Bertz CT molecular complexity index is 913. The molecule has 0 unspecified atom stereocenters. The molecule has 0 saturated heterocycles. The Morgan fingerprint density at radius 1 is 1.03 bits per heavy atom. The lowest BCUT2D eigenvalue weighted by atomic mass is 9.95. The second-order valence-corrected chi connectivity index (χ2v) is 7.08. The molecule has 0 saturated carbocycles. The van der Waals surface area contributed by atoms with Gasteiger partial charge in [0.25, 0.3) is 5.90 Å². The SMILES string of the molecule is CCOC(=O)[C@H](C)C[C@@H](Cc1ccc(-c2ccccc2)cc1)NC(=O)C(=N)OC(N)=O. The highest BCUT2D eigenvalue weighted by molar-refractivity contribution is 6.35. The fourth-order valence-electron chi connectivity index (χ4n) is 3.15. The van der Waals surface area contributed by atoms with Crippen LogP contribution in [0.4, 0.5) is 4.79 Å². The van der Waals surface area contributed by atoms with E-state index in [4.69, 9.17) is 15.9 Å². The van der Waals surface area contributed by atoms with E-state index in [0.29, 0.717) is 6.42 Å². The number of hydrogen-bond acceptors (Lipinski definition) is 6. The van der Waals surface area contributed by atoms with Crippen molar-refractivity contribution < 1.29 is 23.9 Å². The van der Waals surface area contributed by atoms with Gasteiger partial charge in [-0.25, -0.2) is 4.79 Å². The van der Waals surface area contributed by atoms with Crippen LogP contribution in [0.3, 0.4) is 0 Å². The zero-order valence-electron chi connectivity index (χ0n) is 17.6. The van der Waals surface area contributed by atoms with Crippen LogP contribution in [-0.4, -0.2) is 36.5 Å². The monoisotopic (exact) mass is 425 g/mol. The molecule has 0 aliphatic carbocycles. The Hall–Kier alpha value is -3.68. The van der Waals surface area contributed by atoms with Gasteiger partial charge in [-0.3, -0.25) is 15.0 Å². The number of amides is 2. The van der Waals surface area contributed by atoms with Gasteiger partial charge in [-0.05, 0) is 36.5 Å². The Kier molecular flexibility index (Phi) is 8.75. The van der Waals surface area contributed by atoms with E-state index in [1.54, 1.807) is 13.8 Å². The van der Waals surface area contributed by atoms with E-state index in [2.05, 4.69) is 10.1 Å². The molecule has 0 fully saturated rings. The van der Waals surface area contributed by atoms with E-state index < -0.39 is 29.9 Å². The molecular formula is C23H27N3O5. The second-order valence-electron chi connectivity index (χ2n) is 7.08. The standard InChI is InChI=1S/C23H27N3O5/c1-3-30-22(28)15(2)13-19(26-21(27)20(24)31-23(25)29)14-16-9-11-18(12-10-16)17-7-5-4-6-8-17/h4-12,15,19,24H,3,13-14H2,1-2H3,(H2,25,29)(H,26,27)/t15-,19+/m1/s1. The molecule has 0 spiro atoms. The average molecular weight is 425 g/mol. The van der Waals surface area contributed by atoms with Crippen LogP contribution < -0.4 is 11.1 Å². The van der Waals surface area contributed by atoms with Crippen molar-refractivity contribution in [1.29, 1.82) is 5.41 Å². The normalized spacial score (nSPS) is 12.3. The number of nitrogens with one attached hydrogen (secondary N) is 2. The summed E-state index contributed by atoms with van der Waals surface area (Å²) < 4.78 is 9.38. The van der Waals surface area contributed by atoms with Crippen molar-refractivity contribution in [3.8, 4) is 11.1 Å². The van der Waals surface area contributed by atoms with Crippen molar-refractivity contribution >= 4 is 23.9 Å². The fourth-order valence-corrected chi connectivity index (χ4v) is 3.15. The van der Waals surface area contributed by atoms with E-state index >= 15 is 0 Å². The quantitative estimate of drug-likeness (QED) is 0.340. The summed E-state index contributed by atoms with van der Waals surface area (Å²) in [6, 6.07) is 17.3. The number of esters is 1. The zero-order chi connectivity index (χ0) is 22.8. The lowest BCUT2D eigenvalue weighted by Crippen LogP contribution is -2.43. The molecule has 0 radical (unpaired) electrons. The zero-order valence-corrected chi connectivity index (χ0v) is 17.6. The van der Waals surface area contributed by atoms with Crippen LogP contribution in [0, 0.1) is 11.3 Å². The van der Waals surface area contributed by atoms with Crippen molar-refractivity contribution in [2.45, 2.75) is 32.7 Å². The summed E-state index contributed by atoms with van der Waals surface area (Å²) >= 11 is 0. The summed E-state index contributed by atoms with van der Waals surface area (Å²) in [5.41, 5.74) is 7.94. The van der Waals surface area contributed by atoms with Crippen molar-refractivity contribution in [3.05, 3.63) is 60.2 Å². The maximum absolute atomic E-state index is 12.2. The third-order valence-corrected chi connectivity index (χ3v) is 4.61. The maximum atomic E-state index is 12.2. The molecule has 8 nitrogen and oxygen atoms in total. The smallest absolute Gasteiger partial charge is 0.411 e. The molecule has 2 aromatic carbocycles. The highest BCUT2D eigenvalue weighted by atomic mass is 16.6.